The second-order valence-corrected chi connectivity index (χ2v) is 7.80. The van der Waals surface area contributed by atoms with Crippen LogP contribution in [0.5, 0.6) is 0 Å². The summed E-state index contributed by atoms with van der Waals surface area (Å²) in [6.07, 6.45) is 0. The van der Waals surface area contributed by atoms with Crippen molar-refractivity contribution in [1.82, 2.24) is 4.90 Å². The number of benzene rings is 2. The minimum Gasteiger partial charge on any atom is -0.372 e. The van der Waals surface area contributed by atoms with Gasteiger partial charge in [-0.15, -0.1) is 0 Å². The summed E-state index contributed by atoms with van der Waals surface area (Å²) in [5.41, 5.74) is 1.34. The molecule has 0 aromatic heterocycles. The van der Waals surface area contributed by atoms with Crippen molar-refractivity contribution in [1.29, 1.82) is 0 Å². The van der Waals surface area contributed by atoms with Gasteiger partial charge >= 0.3 is 0 Å². The predicted octanol–water partition coefficient (Wildman–Crippen LogP) is 3.95. The molecule has 0 bridgehead atoms. The van der Waals surface area contributed by atoms with Crippen LogP contribution in [0, 0.1) is 0 Å². The average Bonchev–Trinajstić information content (AvgIpc) is 2.60. The minimum atomic E-state index is -0.347. The van der Waals surface area contributed by atoms with E-state index in [1.54, 1.807) is 47.4 Å². The Balaban J connectivity index is 1.74. The van der Waals surface area contributed by atoms with Crippen LogP contribution in [0.25, 0.3) is 0 Å². The van der Waals surface area contributed by atoms with E-state index >= 15 is 0 Å². The number of nitrogens with zero attached hydrogens (tertiary/aromatic N) is 1. The van der Waals surface area contributed by atoms with Crippen LogP contribution in [-0.4, -0.2) is 42.0 Å². The number of halogens is 1. The Kier molecular flexibility index (Phi) is 5.44. The van der Waals surface area contributed by atoms with Crippen LogP contribution in [0.4, 0.5) is 5.69 Å². The van der Waals surface area contributed by atoms with Crippen LogP contribution < -0.4 is 5.32 Å². The summed E-state index contributed by atoms with van der Waals surface area (Å²) in [5.74, 6) is -0.275. The molecule has 1 fully saturated rings. The number of hydrogen-bond donors (Lipinski definition) is 1. The quantitative estimate of drug-likeness (QED) is 0.823. The molecule has 6 heteroatoms. The van der Waals surface area contributed by atoms with Crippen molar-refractivity contribution in [2.75, 3.05) is 25.0 Å². The summed E-state index contributed by atoms with van der Waals surface area (Å²) >= 11 is 3.36. The third-order valence-electron chi connectivity index (χ3n) is 4.17. The number of anilines is 1. The molecule has 1 aliphatic heterocycles. The zero-order valence-corrected chi connectivity index (χ0v) is 16.4. The highest BCUT2D eigenvalue weighted by atomic mass is 79.9. The molecule has 1 heterocycles. The van der Waals surface area contributed by atoms with Crippen molar-refractivity contribution >= 4 is 33.4 Å². The lowest BCUT2D eigenvalue weighted by molar-refractivity contribution is -0.0764. The van der Waals surface area contributed by atoms with Crippen molar-refractivity contribution in [3.8, 4) is 0 Å². The van der Waals surface area contributed by atoms with Crippen molar-refractivity contribution in [2.24, 2.45) is 0 Å². The molecule has 5 nitrogen and oxygen atoms in total. The summed E-state index contributed by atoms with van der Waals surface area (Å²) in [4.78, 5) is 27.0. The topological polar surface area (TPSA) is 58.6 Å². The second kappa shape index (κ2) is 7.60. The van der Waals surface area contributed by atoms with E-state index in [1.807, 2.05) is 19.9 Å². The number of ether oxygens (including phenoxy) is 1. The molecule has 2 amide bonds. The standard InChI is InChI=1S/C20H21BrN2O3/c1-20(2)13-23(9-10-26-20)19(25)15-6-4-8-17(12-15)22-18(24)14-5-3-7-16(21)11-14/h3-8,11-12H,9-10,13H2,1-2H3,(H,22,24). The third-order valence-corrected chi connectivity index (χ3v) is 4.66. The van der Waals surface area contributed by atoms with E-state index in [1.165, 1.54) is 0 Å². The first-order chi connectivity index (χ1) is 12.3. The Morgan fingerprint density at radius 1 is 1.12 bits per heavy atom. The van der Waals surface area contributed by atoms with Gasteiger partial charge in [0.15, 0.2) is 0 Å². The molecule has 0 saturated carbocycles. The number of hydrogen-bond acceptors (Lipinski definition) is 3. The van der Waals surface area contributed by atoms with E-state index in [2.05, 4.69) is 21.2 Å². The molecule has 0 unspecified atom stereocenters. The molecule has 26 heavy (non-hydrogen) atoms. The third kappa shape index (κ3) is 4.51. The van der Waals surface area contributed by atoms with E-state index < -0.39 is 0 Å². The zero-order valence-electron chi connectivity index (χ0n) is 14.8. The Hall–Kier alpha value is -2.18. The molecule has 0 aliphatic carbocycles. The van der Waals surface area contributed by atoms with Crippen LogP contribution in [0.2, 0.25) is 0 Å². The highest BCUT2D eigenvalue weighted by Gasteiger charge is 2.30. The SMILES string of the molecule is CC1(C)CN(C(=O)c2cccc(NC(=O)c3cccc(Br)c3)c2)CCO1. The van der Waals surface area contributed by atoms with Crippen LogP contribution >= 0.6 is 15.9 Å². The highest BCUT2D eigenvalue weighted by molar-refractivity contribution is 9.10. The Bertz CT molecular complexity index is 835. The van der Waals surface area contributed by atoms with Crippen LogP contribution in [0.1, 0.15) is 34.6 Å². The van der Waals surface area contributed by atoms with Gasteiger partial charge in [0.2, 0.25) is 0 Å². The van der Waals surface area contributed by atoms with Crippen molar-refractivity contribution in [3.63, 3.8) is 0 Å². The monoisotopic (exact) mass is 416 g/mol. The lowest BCUT2D eigenvalue weighted by Crippen LogP contribution is -2.50. The van der Waals surface area contributed by atoms with Crippen molar-refractivity contribution in [3.05, 3.63) is 64.1 Å². The maximum absolute atomic E-state index is 12.8. The summed E-state index contributed by atoms with van der Waals surface area (Å²) in [5, 5.41) is 2.84. The molecule has 1 N–H and O–H groups in total. The predicted molar refractivity (Wildman–Crippen MR) is 104 cm³/mol. The number of nitrogens with one attached hydrogen (secondary N) is 1. The first-order valence-corrected chi connectivity index (χ1v) is 9.24. The van der Waals surface area contributed by atoms with Crippen LogP contribution in [-0.2, 0) is 4.74 Å². The van der Waals surface area contributed by atoms with Gasteiger partial charge in [0.1, 0.15) is 0 Å². The Morgan fingerprint density at radius 3 is 2.58 bits per heavy atom. The van der Waals surface area contributed by atoms with E-state index in [-0.39, 0.29) is 17.4 Å². The molecular formula is C20H21BrN2O3. The fourth-order valence-corrected chi connectivity index (χ4v) is 3.33. The van der Waals surface area contributed by atoms with Gasteiger partial charge in [-0.2, -0.15) is 0 Å². The Morgan fingerprint density at radius 2 is 1.85 bits per heavy atom. The summed E-state index contributed by atoms with van der Waals surface area (Å²) in [6.45, 7) is 5.58. The fraction of sp³-hybridized carbons (Fsp3) is 0.300. The lowest BCUT2D eigenvalue weighted by atomic mass is 10.1. The average molecular weight is 417 g/mol. The van der Waals surface area contributed by atoms with E-state index in [0.29, 0.717) is 36.5 Å². The fourth-order valence-electron chi connectivity index (χ4n) is 2.94. The molecule has 0 spiro atoms. The molecule has 2 aromatic rings. The second-order valence-electron chi connectivity index (χ2n) is 6.88. The first kappa shape index (κ1) is 18.6. The van der Waals surface area contributed by atoms with Gasteiger partial charge in [0, 0.05) is 34.4 Å². The van der Waals surface area contributed by atoms with Gasteiger partial charge in [0.05, 0.1) is 12.2 Å². The molecule has 1 saturated heterocycles. The summed E-state index contributed by atoms with van der Waals surface area (Å²) in [7, 11) is 0. The van der Waals surface area contributed by atoms with Gasteiger partial charge in [0.25, 0.3) is 11.8 Å². The van der Waals surface area contributed by atoms with Gasteiger partial charge in [-0.3, -0.25) is 9.59 Å². The van der Waals surface area contributed by atoms with Gasteiger partial charge < -0.3 is 15.0 Å². The molecule has 3 rings (SSSR count). The molecule has 0 atom stereocenters. The van der Waals surface area contributed by atoms with Gasteiger partial charge in [-0.1, -0.05) is 28.1 Å². The van der Waals surface area contributed by atoms with Crippen molar-refractivity contribution < 1.29 is 14.3 Å². The molecule has 0 radical (unpaired) electrons. The van der Waals surface area contributed by atoms with E-state index in [9.17, 15) is 9.59 Å². The lowest BCUT2D eigenvalue weighted by Gasteiger charge is -2.38. The number of amides is 2. The number of carbonyl (C=O) groups excluding carboxylic acids is 2. The van der Waals surface area contributed by atoms with Crippen molar-refractivity contribution in [2.45, 2.75) is 19.4 Å². The minimum absolute atomic E-state index is 0.0556. The van der Waals surface area contributed by atoms with Crippen LogP contribution in [0.3, 0.4) is 0 Å². The molecule has 136 valence electrons. The molecule has 2 aromatic carbocycles. The normalized spacial score (nSPS) is 16.2. The van der Waals surface area contributed by atoms with Gasteiger partial charge in [-0.25, -0.2) is 0 Å². The van der Waals surface area contributed by atoms with Crippen LogP contribution in [0.15, 0.2) is 53.0 Å². The summed E-state index contributed by atoms with van der Waals surface area (Å²) in [6, 6.07) is 14.2. The molecular weight excluding hydrogens is 396 g/mol. The smallest absolute Gasteiger partial charge is 0.255 e. The molecule has 1 aliphatic rings. The van der Waals surface area contributed by atoms with Gasteiger partial charge in [-0.05, 0) is 50.2 Å². The number of rotatable bonds is 3. The maximum atomic E-state index is 12.8. The van der Waals surface area contributed by atoms with E-state index in [4.69, 9.17) is 4.74 Å². The van der Waals surface area contributed by atoms with E-state index in [0.717, 1.165) is 4.47 Å². The Labute approximate surface area is 161 Å². The largest absolute Gasteiger partial charge is 0.372 e. The summed E-state index contributed by atoms with van der Waals surface area (Å²) < 4.78 is 6.50. The zero-order chi connectivity index (χ0) is 18.7. The maximum Gasteiger partial charge on any atom is 0.255 e. The number of morpholine rings is 1. The first-order valence-electron chi connectivity index (χ1n) is 8.44. The highest BCUT2D eigenvalue weighted by Crippen LogP contribution is 2.20. The number of carbonyl (C=O) groups is 2.